The van der Waals surface area contributed by atoms with Gasteiger partial charge in [-0.1, -0.05) is 0 Å². The van der Waals surface area contributed by atoms with E-state index in [0.29, 0.717) is 30.4 Å². The molecule has 1 aliphatic heterocycles. The third kappa shape index (κ3) is 2.87. The van der Waals surface area contributed by atoms with E-state index in [2.05, 4.69) is 9.82 Å². The summed E-state index contributed by atoms with van der Waals surface area (Å²) in [4.78, 5) is 0.121. The Morgan fingerprint density at radius 3 is 2.64 bits per heavy atom. The Morgan fingerprint density at radius 1 is 1.23 bits per heavy atom. The maximum absolute atomic E-state index is 12.4. The van der Waals surface area contributed by atoms with E-state index in [9.17, 15) is 8.42 Å². The second-order valence-corrected chi connectivity index (χ2v) is 6.90. The summed E-state index contributed by atoms with van der Waals surface area (Å²) in [6, 6.07) is 5.03. The van der Waals surface area contributed by atoms with Gasteiger partial charge in [0.05, 0.1) is 11.9 Å². The molecular weight excluding hydrogens is 306 g/mol. The van der Waals surface area contributed by atoms with Crippen molar-refractivity contribution in [3.63, 3.8) is 0 Å². The summed E-state index contributed by atoms with van der Waals surface area (Å²) in [7, 11) is -3.68. The van der Waals surface area contributed by atoms with Crippen molar-refractivity contribution in [3.8, 4) is 11.5 Å². The number of aromatic nitrogens is 2. The van der Waals surface area contributed by atoms with E-state index >= 15 is 0 Å². The average molecular weight is 323 g/mol. The molecule has 2 aromatic rings. The van der Waals surface area contributed by atoms with Gasteiger partial charge in [-0.2, -0.15) is 5.10 Å². The summed E-state index contributed by atoms with van der Waals surface area (Å²) < 4.78 is 39.7. The van der Waals surface area contributed by atoms with Gasteiger partial charge >= 0.3 is 0 Å². The van der Waals surface area contributed by atoms with Crippen molar-refractivity contribution in [2.45, 2.75) is 24.8 Å². The van der Waals surface area contributed by atoms with Crippen LogP contribution in [0.2, 0.25) is 0 Å². The second-order valence-electron chi connectivity index (χ2n) is 5.21. The largest absolute Gasteiger partial charge is 0.486 e. The Balaban J connectivity index is 1.84. The zero-order valence-corrected chi connectivity index (χ0v) is 13.1. The Hall–Kier alpha value is -2.22. The van der Waals surface area contributed by atoms with Gasteiger partial charge in [-0.3, -0.25) is 9.40 Å². The van der Waals surface area contributed by atoms with Gasteiger partial charge in [0.15, 0.2) is 11.5 Å². The van der Waals surface area contributed by atoms with Crippen LogP contribution in [-0.2, 0) is 10.0 Å². The average Bonchev–Trinajstić information content (AvgIpc) is 2.97. The highest BCUT2D eigenvalue weighted by atomic mass is 32.2. The number of hydrogen-bond donors (Lipinski definition) is 1. The molecule has 7 nitrogen and oxygen atoms in total. The van der Waals surface area contributed by atoms with Crippen molar-refractivity contribution in [1.82, 2.24) is 9.78 Å². The van der Waals surface area contributed by atoms with E-state index in [-0.39, 0.29) is 10.9 Å². The van der Waals surface area contributed by atoms with Crippen LogP contribution in [0, 0.1) is 0 Å². The fourth-order valence-corrected chi connectivity index (χ4v) is 3.05. The van der Waals surface area contributed by atoms with E-state index in [0.717, 1.165) is 0 Å². The summed E-state index contributed by atoms with van der Waals surface area (Å²) in [6.07, 6.45) is 2.84. The Labute approximate surface area is 128 Å². The third-order valence-corrected chi connectivity index (χ3v) is 4.55. The molecule has 0 saturated carbocycles. The zero-order chi connectivity index (χ0) is 15.7. The number of nitrogens with zero attached hydrogens (tertiary/aromatic N) is 2. The highest BCUT2D eigenvalue weighted by Crippen LogP contribution is 2.33. The maximum atomic E-state index is 12.4. The van der Waals surface area contributed by atoms with Gasteiger partial charge in [0, 0.05) is 18.3 Å². The Kier molecular flexibility index (Phi) is 3.69. The topological polar surface area (TPSA) is 82.5 Å². The van der Waals surface area contributed by atoms with Gasteiger partial charge < -0.3 is 9.47 Å². The van der Waals surface area contributed by atoms with Crippen LogP contribution in [0.5, 0.6) is 11.5 Å². The predicted molar refractivity (Wildman–Crippen MR) is 80.9 cm³/mol. The third-order valence-electron chi connectivity index (χ3n) is 3.21. The van der Waals surface area contributed by atoms with Crippen LogP contribution >= 0.6 is 0 Å². The molecule has 0 radical (unpaired) electrons. The van der Waals surface area contributed by atoms with Crippen LogP contribution in [0.1, 0.15) is 19.9 Å². The molecular formula is C14H17N3O4S. The minimum Gasteiger partial charge on any atom is -0.486 e. The molecule has 1 N–H and O–H groups in total. The van der Waals surface area contributed by atoms with E-state index in [1.807, 2.05) is 13.8 Å². The monoisotopic (exact) mass is 323 g/mol. The van der Waals surface area contributed by atoms with Gasteiger partial charge in [-0.15, -0.1) is 0 Å². The van der Waals surface area contributed by atoms with Crippen molar-refractivity contribution in [2.24, 2.45) is 0 Å². The van der Waals surface area contributed by atoms with Crippen LogP contribution in [0.25, 0.3) is 0 Å². The number of nitrogens with one attached hydrogen (secondary N) is 1. The highest BCUT2D eigenvalue weighted by Gasteiger charge is 2.19. The molecule has 3 rings (SSSR count). The number of anilines is 1. The smallest absolute Gasteiger partial charge is 0.265 e. The summed E-state index contributed by atoms with van der Waals surface area (Å²) >= 11 is 0. The number of benzene rings is 1. The van der Waals surface area contributed by atoms with Gasteiger partial charge in [-0.05, 0) is 26.0 Å². The van der Waals surface area contributed by atoms with Crippen molar-refractivity contribution in [2.75, 3.05) is 17.9 Å². The molecule has 0 unspecified atom stereocenters. The van der Waals surface area contributed by atoms with Crippen LogP contribution in [0.4, 0.5) is 5.69 Å². The molecule has 1 aliphatic rings. The number of ether oxygens (including phenoxy) is 2. The number of fused-ring (bicyclic) bond motifs is 1. The minimum atomic E-state index is -3.68. The normalized spacial score (nSPS) is 14.1. The summed E-state index contributed by atoms with van der Waals surface area (Å²) in [5.74, 6) is 1.14. The molecule has 0 fully saturated rings. The van der Waals surface area contributed by atoms with Crippen molar-refractivity contribution < 1.29 is 17.9 Å². The Morgan fingerprint density at radius 2 is 1.95 bits per heavy atom. The van der Waals surface area contributed by atoms with Crippen molar-refractivity contribution in [3.05, 3.63) is 30.6 Å². The first-order valence-corrected chi connectivity index (χ1v) is 8.41. The summed E-state index contributed by atoms with van der Waals surface area (Å²) in [5, 5.41) is 4.05. The first-order valence-electron chi connectivity index (χ1n) is 6.92. The molecule has 0 bridgehead atoms. The second kappa shape index (κ2) is 5.53. The molecule has 0 spiro atoms. The molecule has 1 aromatic carbocycles. The maximum Gasteiger partial charge on any atom is 0.265 e. The lowest BCUT2D eigenvalue weighted by Gasteiger charge is -2.19. The molecule has 8 heteroatoms. The fraction of sp³-hybridized carbons (Fsp3) is 0.357. The summed E-state index contributed by atoms with van der Waals surface area (Å²) in [5.41, 5.74) is 0.418. The van der Waals surface area contributed by atoms with Crippen LogP contribution in [-0.4, -0.2) is 31.4 Å². The SMILES string of the molecule is CC(C)n1cc(S(=O)(=O)Nc2ccc3c(c2)OCCO3)cn1. The van der Waals surface area contributed by atoms with Crippen molar-refractivity contribution in [1.29, 1.82) is 0 Å². The molecule has 0 aliphatic carbocycles. The molecule has 118 valence electrons. The lowest BCUT2D eigenvalue weighted by Crippen LogP contribution is -2.16. The molecule has 0 atom stereocenters. The van der Waals surface area contributed by atoms with E-state index in [1.165, 1.54) is 12.4 Å². The zero-order valence-electron chi connectivity index (χ0n) is 12.3. The first kappa shape index (κ1) is 14.7. The van der Waals surface area contributed by atoms with Gasteiger partial charge in [-0.25, -0.2) is 8.42 Å². The molecule has 2 heterocycles. The lowest BCUT2D eigenvalue weighted by atomic mass is 10.3. The van der Waals surface area contributed by atoms with Crippen LogP contribution in [0.3, 0.4) is 0 Å². The lowest BCUT2D eigenvalue weighted by molar-refractivity contribution is 0.171. The highest BCUT2D eigenvalue weighted by molar-refractivity contribution is 7.92. The van der Waals surface area contributed by atoms with E-state index in [4.69, 9.17) is 9.47 Å². The molecule has 22 heavy (non-hydrogen) atoms. The van der Waals surface area contributed by atoms with Gasteiger partial charge in [0.2, 0.25) is 0 Å². The molecule has 0 amide bonds. The Bertz CT molecular complexity index is 783. The molecule has 1 aromatic heterocycles. The van der Waals surface area contributed by atoms with E-state index in [1.54, 1.807) is 22.9 Å². The standard InChI is InChI=1S/C14H17N3O4S/c1-10(2)17-9-12(8-15-17)22(18,19)16-11-3-4-13-14(7-11)21-6-5-20-13/h3-4,7-10,16H,5-6H2,1-2H3. The minimum absolute atomic E-state index is 0.0956. The predicted octanol–water partition coefficient (Wildman–Crippen LogP) is 2.04. The van der Waals surface area contributed by atoms with Crippen LogP contribution in [0.15, 0.2) is 35.5 Å². The van der Waals surface area contributed by atoms with Gasteiger partial charge in [0.25, 0.3) is 10.0 Å². The van der Waals surface area contributed by atoms with Crippen LogP contribution < -0.4 is 14.2 Å². The fourth-order valence-electron chi connectivity index (χ4n) is 2.06. The molecule has 0 saturated heterocycles. The van der Waals surface area contributed by atoms with E-state index < -0.39 is 10.0 Å². The number of hydrogen-bond acceptors (Lipinski definition) is 5. The number of rotatable bonds is 4. The van der Waals surface area contributed by atoms with Crippen molar-refractivity contribution >= 4 is 15.7 Å². The number of sulfonamides is 1. The first-order chi connectivity index (χ1) is 10.5. The van der Waals surface area contributed by atoms with Gasteiger partial charge in [0.1, 0.15) is 18.1 Å². The summed E-state index contributed by atoms with van der Waals surface area (Å²) in [6.45, 7) is 4.80. The quantitative estimate of drug-likeness (QED) is 0.931.